The first kappa shape index (κ1) is 17.7. The van der Waals surface area contributed by atoms with Gasteiger partial charge in [-0.2, -0.15) is 0 Å². The number of benzene rings is 1. The van der Waals surface area contributed by atoms with Crippen molar-refractivity contribution in [1.29, 1.82) is 0 Å². The number of nitrogens with zero attached hydrogens (tertiary/aromatic N) is 2. The largest absolute Gasteiger partial charge is 0.372 e. The molecule has 0 radical (unpaired) electrons. The van der Waals surface area contributed by atoms with Crippen LogP contribution in [0.25, 0.3) is 0 Å². The van der Waals surface area contributed by atoms with Gasteiger partial charge in [-0.1, -0.05) is 37.4 Å². The van der Waals surface area contributed by atoms with Crippen LogP contribution >= 0.6 is 0 Å². The molecular weight excluding hydrogens is 300 g/mol. The highest BCUT2D eigenvalue weighted by molar-refractivity contribution is 6.21. The summed E-state index contributed by atoms with van der Waals surface area (Å²) in [6.45, 7) is 13.8. The van der Waals surface area contributed by atoms with Crippen LogP contribution in [0.2, 0.25) is 0 Å². The topological polar surface area (TPSA) is 40.6 Å². The van der Waals surface area contributed by atoms with E-state index in [9.17, 15) is 9.59 Å². The van der Waals surface area contributed by atoms with Crippen molar-refractivity contribution in [3.63, 3.8) is 0 Å². The Morgan fingerprint density at radius 1 is 0.958 bits per heavy atom. The van der Waals surface area contributed by atoms with Gasteiger partial charge in [-0.3, -0.25) is 14.5 Å². The minimum absolute atomic E-state index is 0.287. The number of carbonyl (C=O) groups excluding carboxylic acids is 2. The monoisotopic (exact) mass is 324 g/mol. The number of anilines is 1. The second-order valence-electron chi connectivity index (χ2n) is 5.59. The van der Waals surface area contributed by atoms with Gasteiger partial charge in [0.1, 0.15) is 0 Å². The van der Waals surface area contributed by atoms with E-state index in [1.165, 1.54) is 22.7 Å². The zero-order chi connectivity index (χ0) is 17.7. The number of hydrogen-bond acceptors (Lipinski definition) is 3. The van der Waals surface area contributed by atoms with Crippen LogP contribution in [0.3, 0.4) is 0 Å². The summed E-state index contributed by atoms with van der Waals surface area (Å²) in [5.74, 6) is -0.575. The molecule has 2 rings (SSSR count). The van der Waals surface area contributed by atoms with E-state index < -0.39 is 0 Å². The third kappa shape index (κ3) is 3.32. The van der Waals surface area contributed by atoms with Crippen LogP contribution < -0.4 is 4.90 Å². The summed E-state index contributed by atoms with van der Waals surface area (Å²) in [5.41, 5.74) is 2.96. The molecule has 0 aliphatic carbocycles. The molecule has 0 N–H and O–H groups in total. The molecule has 0 bridgehead atoms. The van der Waals surface area contributed by atoms with Gasteiger partial charge in [0, 0.05) is 25.3 Å². The summed E-state index contributed by atoms with van der Waals surface area (Å²) < 4.78 is 0. The molecule has 0 spiro atoms. The Balaban J connectivity index is 2.04. The number of rotatable bonds is 8. The van der Waals surface area contributed by atoms with Gasteiger partial charge in [0.15, 0.2) is 0 Å². The summed E-state index contributed by atoms with van der Waals surface area (Å²) in [7, 11) is 0. The van der Waals surface area contributed by atoms with Gasteiger partial charge in [-0.25, -0.2) is 0 Å². The lowest BCUT2D eigenvalue weighted by Crippen LogP contribution is -2.33. The minimum atomic E-state index is -0.287. The van der Waals surface area contributed by atoms with Gasteiger partial charge in [-0.15, -0.1) is 0 Å². The van der Waals surface area contributed by atoms with Gasteiger partial charge in [0.25, 0.3) is 11.8 Å². The first-order chi connectivity index (χ1) is 11.6. The smallest absolute Gasteiger partial charge is 0.261 e. The third-order valence-corrected chi connectivity index (χ3v) is 4.34. The fourth-order valence-corrected chi connectivity index (χ4v) is 2.91. The van der Waals surface area contributed by atoms with E-state index in [-0.39, 0.29) is 11.8 Å². The van der Waals surface area contributed by atoms with Crippen molar-refractivity contribution in [3.8, 4) is 0 Å². The first-order valence-electron chi connectivity index (χ1n) is 8.26. The molecule has 1 aromatic rings. The zero-order valence-corrected chi connectivity index (χ0v) is 14.4. The van der Waals surface area contributed by atoms with Gasteiger partial charge in [0.2, 0.25) is 0 Å². The highest BCUT2D eigenvalue weighted by Gasteiger charge is 2.34. The van der Waals surface area contributed by atoms with Crippen LogP contribution in [0.1, 0.15) is 19.4 Å². The summed E-state index contributed by atoms with van der Waals surface area (Å²) >= 11 is 0. The molecule has 4 heteroatoms. The normalized spacial score (nSPS) is 14.3. The average molecular weight is 324 g/mol. The standard InChI is InChI=1S/C20H24N2O2/c1-5-17-18(6-2)20(24)22(19(17)23)14-13-15-9-11-16(12-10-15)21(7-3)8-4/h5-6,9-12H,1-2,7-8,13-14H2,3-4H3. The predicted octanol–water partition coefficient (Wildman–Crippen LogP) is 3.11. The van der Waals surface area contributed by atoms with Crippen molar-refractivity contribution in [2.45, 2.75) is 20.3 Å². The SMILES string of the molecule is C=CC1=C(C=C)C(=O)N(CCc2ccc(N(CC)CC)cc2)C1=O. The molecule has 0 atom stereocenters. The Kier molecular flexibility index (Phi) is 5.74. The van der Waals surface area contributed by atoms with Gasteiger partial charge < -0.3 is 4.90 Å². The van der Waals surface area contributed by atoms with Crippen LogP contribution in [0, 0.1) is 0 Å². The van der Waals surface area contributed by atoms with Crippen molar-refractivity contribution >= 4 is 17.5 Å². The van der Waals surface area contributed by atoms with Gasteiger partial charge in [0.05, 0.1) is 11.1 Å². The second kappa shape index (κ2) is 7.77. The molecule has 0 fully saturated rings. The van der Waals surface area contributed by atoms with Crippen molar-refractivity contribution in [1.82, 2.24) is 4.90 Å². The fraction of sp³-hybridized carbons (Fsp3) is 0.300. The lowest BCUT2D eigenvalue weighted by atomic mass is 10.1. The Morgan fingerprint density at radius 3 is 1.88 bits per heavy atom. The van der Waals surface area contributed by atoms with E-state index >= 15 is 0 Å². The number of imide groups is 1. The second-order valence-corrected chi connectivity index (χ2v) is 5.59. The summed E-state index contributed by atoms with van der Waals surface area (Å²) in [6, 6.07) is 8.26. The molecule has 0 saturated heterocycles. The lowest BCUT2D eigenvalue weighted by Gasteiger charge is -2.21. The van der Waals surface area contributed by atoms with Crippen LogP contribution in [-0.2, 0) is 16.0 Å². The van der Waals surface area contributed by atoms with Crippen molar-refractivity contribution < 1.29 is 9.59 Å². The molecule has 0 saturated carbocycles. The van der Waals surface area contributed by atoms with E-state index in [4.69, 9.17) is 0 Å². The molecule has 1 aromatic carbocycles. The molecule has 0 aromatic heterocycles. The van der Waals surface area contributed by atoms with E-state index in [1.807, 2.05) is 0 Å². The van der Waals surface area contributed by atoms with E-state index in [0.29, 0.717) is 24.1 Å². The zero-order valence-electron chi connectivity index (χ0n) is 14.4. The highest BCUT2D eigenvalue weighted by Crippen LogP contribution is 2.23. The third-order valence-electron chi connectivity index (χ3n) is 4.34. The van der Waals surface area contributed by atoms with Crippen LogP contribution in [0.4, 0.5) is 5.69 Å². The molecule has 1 aliphatic rings. The quantitative estimate of drug-likeness (QED) is 0.690. The molecule has 1 heterocycles. The molecular formula is C20H24N2O2. The summed E-state index contributed by atoms with van der Waals surface area (Å²) in [4.78, 5) is 28.1. The molecule has 24 heavy (non-hydrogen) atoms. The van der Waals surface area contributed by atoms with Crippen molar-refractivity contribution in [2.75, 3.05) is 24.5 Å². The molecule has 2 amide bonds. The van der Waals surface area contributed by atoms with Gasteiger partial charge >= 0.3 is 0 Å². The highest BCUT2D eigenvalue weighted by atomic mass is 16.2. The Hall–Kier alpha value is -2.62. The van der Waals surface area contributed by atoms with Crippen molar-refractivity contribution in [2.24, 2.45) is 0 Å². The van der Waals surface area contributed by atoms with E-state index in [1.54, 1.807) is 0 Å². The lowest BCUT2D eigenvalue weighted by molar-refractivity contribution is -0.137. The Bertz CT molecular complexity index is 652. The molecule has 1 aliphatic heterocycles. The summed E-state index contributed by atoms with van der Waals surface area (Å²) in [6.07, 6.45) is 3.48. The number of amides is 2. The summed E-state index contributed by atoms with van der Waals surface area (Å²) in [5, 5.41) is 0. The minimum Gasteiger partial charge on any atom is -0.372 e. The maximum atomic E-state index is 12.3. The van der Waals surface area contributed by atoms with Crippen LogP contribution in [-0.4, -0.2) is 36.3 Å². The number of hydrogen-bond donors (Lipinski definition) is 0. The first-order valence-corrected chi connectivity index (χ1v) is 8.26. The van der Waals surface area contributed by atoms with Crippen LogP contribution in [0.15, 0.2) is 60.7 Å². The van der Waals surface area contributed by atoms with E-state index in [0.717, 1.165) is 18.7 Å². The van der Waals surface area contributed by atoms with Gasteiger partial charge in [-0.05, 0) is 38.0 Å². The maximum absolute atomic E-state index is 12.3. The number of carbonyl (C=O) groups is 2. The average Bonchev–Trinajstić information content (AvgIpc) is 2.84. The fourth-order valence-electron chi connectivity index (χ4n) is 2.91. The van der Waals surface area contributed by atoms with E-state index in [2.05, 4.69) is 56.2 Å². The Morgan fingerprint density at radius 2 is 1.46 bits per heavy atom. The maximum Gasteiger partial charge on any atom is 0.261 e. The Labute approximate surface area is 143 Å². The predicted molar refractivity (Wildman–Crippen MR) is 97.8 cm³/mol. The molecule has 4 nitrogen and oxygen atoms in total. The van der Waals surface area contributed by atoms with Crippen LogP contribution in [0.5, 0.6) is 0 Å². The molecule has 0 unspecified atom stereocenters. The van der Waals surface area contributed by atoms with Crippen molar-refractivity contribution in [3.05, 3.63) is 66.3 Å². The molecule has 126 valence electrons.